The van der Waals surface area contributed by atoms with Crippen molar-refractivity contribution in [3.63, 3.8) is 0 Å². The zero-order valence-electron chi connectivity index (χ0n) is 23.2. The predicted molar refractivity (Wildman–Crippen MR) is 151 cm³/mol. The first kappa shape index (κ1) is 27.3. The van der Waals surface area contributed by atoms with Crippen LogP contribution in [-0.2, 0) is 17.6 Å². The third kappa shape index (κ3) is 5.08. The second-order valence-electron chi connectivity index (χ2n) is 11.4. The van der Waals surface area contributed by atoms with Gasteiger partial charge >= 0.3 is 5.97 Å². The maximum Gasteiger partial charge on any atom is 0.337 e. The Morgan fingerprint density at radius 3 is 2.49 bits per heavy atom. The van der Waals surface area contributed by atoms with Crippen molar-refractivity contribution in [3.8, 4) is 5.75 Å². The highest BCUT2D eigenvalue weighted by atomic mass is 19.2. The Labute approximate surface area is 238 Å². The molecule has 3 aromatic carbocycles. The third-order valence-corrected chi connectivity index (χ3v) is 9.25. The molecule has 1 N–H and O–H groups in total. The van der Waals surface area contributed by atoms with Crippen molar-refractivity contribution in [1.82, 2.24) is 5.32 Å². The first-order valence-corrected chi connectivity index (χ1v) is 14.1. The molecule has 1 fully saturated rings. The SMILES string of the molecule is COC(=O)c1ccc2c(c1)C1NC1C1(CCC=C(Cc3ccc(F)c(F)c3)CC1)C(Cc1ccc(OC)cc1)C2=O. The number of nitrogens with one attached hydrogen (secondary N) is 1. The summed E-state index contributed by atoms with van der Waals surface area (Å²) in [5.74, 6) is -1.52. The maximum atomic E-state index is 14.4. The third-order valence-electron chi connectivity index (χ3n) is 9.25. The fraction of sp³-hybridized carbons (Fsp3) is 0.353. The molecule has 1 spiro atoms. The molecule has 3 aliphatic rings. The Kier molecular flexibility index (Phi) is 7.24. The van der Waals surface area contributed by atoms with E-state index in [1.54, 1.807) is 25.3 Å². The van der Waals surface area contributed by atoms with Crippen LogP contribution >= 0.6 is 0 Å². The summed E-state index contributed by atoms with van der Waals surface area (Å²) in [5.41, 5.74) is 4.61. The summed E-state index contributed by atoms with van der Waals surface area (Å²) in [7, 11) is 2.99. The Bertz CT molecular complexity index is 1530. The van der Waals surface area contributed by atoms with Crippen molar-refractivity contribution in [2.24, 2.45) is 11.3 Å². The molecule has 4 atom stereocenters. The number of carbonyl (C=O) groups is 2. The summed E-state index contributed by atoms with van der Waals surface area (Å²) >= 11 is 0. The van der Waals surface area contributed by atoms with Crippen molar-refractivity contribution in [2.75, 3.05) is 14.2 Å². The van der Waals surface area contributed by atoms with E-state index in [0.717, 1.165) is 48.1 Å². The standard InChI is InChI=1S/C34H33F2NO4/c1-40-24-9-5-21(6-10-24)17-27-31(38)25-11-8-23(33(39)41-2)19-26(25)30-32(37-30)34(27)14-3-4-20(13-15-34)16-22-7-12-28(35)29(36)18-22/h4-12,18-19,27,30,32,37H,3,13-17H2,1-2H3. The molecule has 4 unspecified atom stereocenters. The average Bonchev–Trinajstić information content (AvgIpc) is 3.82. The number of methoxy groups -OCH3 is 2. The minimum absolute atomic E-state index is 0.0211. The van der Waals surface area contributed by atoms with Crippen LogP contribution in [0.4, 0.5) is 8.78 Å². The number of Topliss-reactive ketones (excluding diaryl/α,β-unsaturated/α-hetero) is 1. The minimum atomic E-state index is -0.846. The molecule has 1 saturated heterocycles. The quantitative estimate of drug-likeness (QED) is 0.211. The number of esters is 1. The monoisotopic (exact) mass is 557 g/mol. The fourth-order valence-electron chi connectivity index (χ4n) is 7.05. The molecule has 0 radical (unpaired) electrons. The smallest absolute Gasteiger partial charge is 0.337 e. The lowest BCUT2D eigenvalue weighted by Crippen LogP contribution is -2.42. The van der Waals surface area contributed by atoms with Crippen molar-refractivity contribution in [1.29, 1.82) is 0 Å². The van der Waals surface area contributed by atoms with Crippen LogP contribution in [0, 0.1) is 23.0 Å². The van der Waals surface area contributed by atoms with E-state index >= 15 is 0 Å². The largest absolute Gasteiger partial charge is 0.497 e. The highest BCUT2D eigenvalue weighted by Gasteiger charge is 2.60. The highest BCUT2D eigenvalue weighted by Crippen LogP contribution is 2.57. The van der Waals surface area contributed by atoms with E-state index in [1.165, 1.54) is 24.8 Å². The highest BCUT2D eigenvalue weighted by molar-refractivity contribution is 6.02. The molecule has 0 amide bonds. The van der Waals surface area contributed by atoms with Crippen LogP contribution in [0.15, 0.2) is 72.3 Å². The molecule has 1 aliphatic heterocycles. The lowest BCUT2D eigenvalue weighted by Gasteiger charge is -2.39. The molecule has 0 bridgehead atoms. The number of halogens is 2. The van der Waals surface area contributed by atoms with Gasteiger partial charge in [0.15, 0.2) is 17.4 Å². The average molecular weight is 558 g/mol. The van der Waals surface area contributed by atoms with E-state index in [-0.39, 0.29) is 29.2 Å². The van der Waals surface area contributed by atoms with Crippen LogP contribution in [0.2, 0.25) is 0 Å². The Morgan fingerprint density at radius 1 is 0.976 bits per heavy atom. The van der Waals surface area contributed by atoms with E-state index < -0.39 is 17.6 Å². The Balaban J connectivity index is 1.35. The van der Waals surface area contributed by atoms with Gasteiger partial charge in [0, 0.05) is 23.6 Å². The number of hydrogen-bond acceptors (Lipinski definition) is 5. The summed E-state index contributed by atoms with van der Waals surface area (Å²) in [4.78, 5) is 26.8. The van der Waals surface area contributed by atoms with Gasteiger partial charge in [0.25, 0.3) is 0 Å². The number of carbonyl (C=O) groups excluding carboxylic acids is 2. The van der Waals surface area contributed by atoms with Crippen molar-refractivity contribution >= 4 is 11.8 Å². The van der Waals surface area contributed by atoms with E-state index in [1.807, 2.05) is 30.3 Å². The van der Waals surface area contributed by atoms with Gasteiger partial charge in [-0.25, -0.2) is 13.6 Å². The minimum Gasteiger partial charge on any atom is -0.497 e. The van der Waals surface area contributed by atoms with Crippen LogP contribution < -0.4 is 10.1 Å². The first-order valence-electron chi connectivity index (χ1n) is 14.1. The van der Waals surface area contributed by atoms with Gasteiger partial charge in [-0.15, -0.1) is 0 Å². The molecule has 0 aromatic heterocycles. The summed E-state index contributed by atoms with van der Waals surface area (Å²) in [6, 6.07) is 17.3. The van der Waals surface area contributed by atoms with Gasteiger partial charge in [-0.1, -0.05) is 35.9 Å². The molecular weight excluding hydrogens is 524 g/mol. The second-order valence-corrected chi connectivity index (χ2v) is 11.4. The number of allylic oxidation sites excluding steroid dienone is 2. The Morgan fingerprint density at radius 2 is 1.76 bits per heavy atom. The molecule has 212 valence electrons. The molecule has 6 rings (SSSR count). The fourth-order valence-corrected chi connectivity index (χ4v) is 7.05. The number of hydrogen-bond donors (Lipinski definition) is 1. The second kappa shape index (κ2) is 10.9. The van der Waals surface area contributed by atoms with E-state index in [9.17, 15) is 18.4 Å². The summed E-state index contributed by atoms with van der Waals surface area (Å²) in [6.45, 7) is 0. The van der Waals surface area contributed by atoms with Crippen LogP contribution in [-0.4, -0.2) is 32.0 Å². The van der Waals surface area contributed by atoms with Gasteiger partial charge in [-0.2, -0.15) is 0 Å². The van der Waals surface area contributed by atoms with Crippen LogP contribution in [0.5, 0.6) is 5.75 Å². The van der Waals surface area contributed by atoms with Gasteiger partial charge in [0.05, 0.1) is 19.8 Å². The normalized spacial score (nSPS) is 24.9. The number of fused-ring (bicyclic) bond motifs is 4. The molecular formula is C34H33F2NO4. The molecule has 41 heavy (non-hydrogen) atoms. The van der Waals surface area contributed by atoms with Crippen LogP contribution in [0.1, 0.15) is 69.1 Å². The topological polar surface area (TPSA) is 74.5 Å². The maximum absolute atomic E-state index is 14.4. The number of ketones is 1. The molecule has 1 heterocycles. The molecule has 5 nitrogen and oxygen atoms in total. The van der Waals surface area contributed by atoms with Gasteiger partial charge in [-0.3, -0.25) is 4.79 Å². The van der Waals surface area contributed by atoms with E-state index in [0.29, 0.717) is 24.0 Å². The number of benzene rings is 3. The van der Waals surface area contributed by atoms with Gasteiger partial charge in [-0.05, 0) is 97.0 Å². The number of rotatable bonds is 6. The first-order chi connectivity index (χ1) is 19.8. The zero-order valence-corrected chi connectivity index (χ0v) is 23.2. The molecule has 2 aliphatic carbocycles. The summed E-state index contributed by atoms with van der Waals surface area (Å²) in [5, 5.41) is 3.69. The van der Waals surface area contributed by atoms with Gasteiger partial charge in [0.2, 0.25) is 0 Å². The van der Waals surface area contributed by atoms with Crippen molar-refractivity contribution in [3.05, 3.63) is 112 Å². The van der Waals surface area contributed by atoms with Crippen molar-refractivity contribution in [2.45, 2.75) is 50.6 Å². The lowest BCUT2D eigenvalue weighted by molar-refractivity contribution is 0.0599. The molecule has 3 aromatic rings. The van der Waals surface area contributed by atoms with Gasteiger partial charge in [0.1, 0.15) is 5.75 Å². The predicted octanol–water partition coefficient (Wildman–Crippen LogP) is 6.56. The lowest BCUT2D eigenvalue weighted by atomic mass is 9.63. The van der Waals surface area contributed by atoms with Crippen LogP contribution in [0.3, 0.4) is 0 Å². The van der Waals surface area contributed by atoms with E-state index in [4.69, 9.17) is 9.47 Å². The number of ether oxygens (including phenoxy) is 2. The Hall–Kier alpha value is -3.84. The van der Waals surface area contributed by atoms with E-state index in [2.05, 4.69) is 11.4 Å². The summed E-state index contributed by atoms with van der Waals surface area (Å²) in [6.07, 6.45) is 6.53. The summed E-state index contributed by atoms with van der Waals surface area (Å²) < 4.78 is 37.7. The van der Waals surface area contributed by atoms with Crippen LogP contribution in [0.25, 0.3) is 0 Å². The zero-order chi connectivity index (χ0) is 28.7. The van der Waals surface area contributed by atoms with Crippen molar-refractivity contribution < 1.29 is 27.8 Å². The molecule has 7 heteroatoms. The molecule has 0 saturated carbocycles. The van der Waals surface area contributed by atoms with Gasteiger partial charge < -0.3 is 14.8 Å².